The van der Waals surface area contributed by atoms with Crippen molar-refractivity contribution < 1.29 is 0 Å². The largest absolute Gasteiger partial charge is 0.329 e. The quantitative estimate of drug-likeness (QED) is 0.808. The van der Waals surface area contributed by atoms with E-state index in [1.807, 2.05) is 11.3 Å². The van der Waals surface area contributed by atoms with Gasteiger partial charge < -0.3 is 5.73 Å². The molecule has 1 unspecified atom stereocenters. The molecule has 0 bridgehead atoms. The first-order valence-corrected chi connectivity index (χ1v) is 6.44. The Labute approximate surface area is 97.1 Å². The number of rotatable bonds is 6. The summed E-state index contributed by atoms with van der Waals surface area (Å²) in [5.41, 5.74) is 6.02. The Hall–Kier alpha value is -0.380. The molecule has 0 aliphatic carbocycles. The molecule has 3 heteroatoms. The van der Waals surface area contributed by atoms with Crippen molar-refractivity contribution in [3.8, 4) is 0 Å². The highest BCUT2D eigenvalue weighted by Crippen LogP contribution is 2.22. The second-order valence-electron chi connectivity index (χ2n) is 4.39. The summed E-state index contributed by atoms with van der Waals surface area (Å²) in [5, 5.41) is 2.13. The highest BCUT2D eigenvalue weighted by atomic mass is 32.1. The van der Waals surface area contributed by atoms with Gasteiger partial charge in [-0.2, -0.15) is 0 Å². The maximum absolute atomic E-state index is 5.88. The fourth-order valence-electron chi connectivity index (χ4n) is 1.81. The van der Waals surface area contributed by atoms with Crippen LogP contribution in [0.5, 0.6) is 0 Å². The lowest BCUT2D eigenvalue weighted by molar-refractivity contribution is 0.126. The third-order valence-electron chi connectivity index (χ3n) is 3.12. The summed E-state index contributed by atoms with van der Waals surface area (Å²) >= 11 is 1.81. The molecule has 1 atom stereocenters. The monoisotopic (exact) mass is 226 g/mol. The van der Waals surface area contributed by atoms with Crippen LogP contribution in [-0.2, 0) is 6.54 Å². The van der Waals surface area contributed by atoms with Crippen molar-refractivity contribution in [2.75, 3.05) is 13.6 Å². The van der Waals surface area contributed by atoms with Crippen molar-refractivity contribution in [3.63, 3.8) is 0 Å². The minimum atomic E-state index is 0.138. The van der Waals surface area contributed by atoms with Crippen molar-refractivity contribution in [3.05, 3.63) is 22.4 Å². The predicted octanol–water partition coefficient (Wildman–Crippen LogP) is 2.70. The lowest BCUT2D eigenvalue weighted by atomic mass is 9.94. The molecule has 0 saturated carbocycles. The van der Waals surface area contributed by atoms with Gasteiger partial charge in [0.2, 0.25) is 0 Å². The normalized spacial score (nSPS) is 15.5. The zero-order valence-corrected chi connectivity index (χ0v) is 10.8. The molecular formula is C12H22N2S. The van der Waals surface area contributed by atoms with Crippen LogP contribution in [0.3, 0.4) is 0 Å². The molecule has 1 heterocycles. The van der Waals surface area contributed by atoms with Crippen LogP contribution in [-0.4, -0.2) is 24.0 Å². The smallest absolute Gasteiger partial charge is 0.0330 e. The van der Waals surface area contributed by atoms with Crippen LogP contribution in [0.25, 0.3) is 0 Å². The maximum Gasteiger partial charge on any atom is 0.0330 e. The fraction of sp³-hybridized carbons (Fsp3) is 0.667. The van der Waals surface area contributed by atoms with E-state index in [9.17, 15) is 0 Å². The lowest BCUT2D eigenvalue weighted by Gasteiger charge is -2.37. The van der Waals surface area contributed by atoms with Gasteiger partial charge in [-0.3, -0.25) is 4.90 Å². The lowest BCUT2D eigenvalue weighted by Crippen LogP contribution is -2.49. The summed E-state index contributed by atoms with van der Waals surface area (Å²) in [6.45, 7) is 6.20. The Morgan fingerprint density at radius 2 is 2.27 bits per heavy atom. The van der Waals surface area contributed by atoms with Gasteiger partial charge >= 0.3 is 0 Å². The Kier molecular flexibility index (Phi) is 4.77. The first kappa shape index (κ1) is 12.7. The summed E-state index contributed by atoms with van der Waals surface area (Å²) in [6.07, 6.45) is 2.34. The van der Waals surface area contributed by atoms with Gasteiger partial charge in [-0.15, -0.1) is 11.3 Å². The Morgan fingerprint density at radius 1 is 1.53 bits per heavy atom. The fourth-order valence-corrected chi connectivity index (χ4v) is 2.57. The van der Waals surface area contributed by atoms with E-state index >= 15 is 0 Å². The standard InChI is InChI=1S/C12H22N2S/c1-4-7-12(2,10-13)14(3)9-11-6-5-8-15-11/h5-6,8H,4,7,9-10,13H2,1-3H3. The molecule has 0 radical (unpaired) electrons. The zero-order valence-electron chi connectivity index (χ0n) is 9.99. The molecule has 1 aromatic heterocycles. The van der Waals surface area contributed by atoms with Gasteiger partial charge in [0.1, 0.15) is 0 Å². The van der Waals surface area contributed by atoms with Gasteiger partial charge in [-0.25, -0.2) is 0 Å². The van der Waals surface area contributed by atoms with Crippen LogP contribution >= 0.6 is 11.3 Å². The third kappa shape index (κ3) is 3.30. The van der Waals surface area contributed by atoms with Gasteiger partial charge in [0.25, 0.3) is 0 Å². The number of hydrogen-bond donors (Lipinski definition) is 1. The van der Waals surface area contributed by atoms with E-state index in [2.05, 4.69) is 43.3 Å². The van der Waals surface area contributed by atoms with Crippen LogP contribution in [0.2, 0.25) is 0 Å². The number of nitrogens with two attached hydrogens (primary N) is 1. The highest BCUT2D eigenvalue weighted by Gasteiger charge is 2.26. The van der Waals surface area contributed by atoms with Crippen LogP contribution in [0, 0.1) is 0 Å². The zero-order chi connectivity index (χ0) is 11.3. The van der Waals surface area contributed by atoms with Crippen molar-refractivity contribution >= 4 is 11.3 Å². The van der Waals surface area contributed by atoms with E-state index in [-0.39, 0.29) is 5.54 Å². The van der Waals surface area contributed by atoms with E-state index in [0.717, 1.165) is 19.5 Å². The van der Waals surface area contributed by atoms with Gasteiger partial charge in [-0.1, -0.05) is 19.4 Å². The highest BCUT2D eigenvalue weighted by molar-refractivity contribution is 7.09. The molecule has 86 valence electrons. The van der Waals surface area contributed by atoms with Crippen molar-refractivity contribution in [2.24, 2.45) is 5.73 Å². The summed E-state index contributed by atoms with van der Waals surface area (Å²) in [5.74, 6) is 0. The van der Waals surface area contributed by atoms with Crippen LogP contribution < -0.4 is 5.73 Å². The molecule has 0 saturated heterocycles. The second-order valence-corrected chi connectivity index (χ2v) is 5.42. The van der Waals surface area contributed by atoms with E-state index in [1.165, 1.54) is 11.3 Å². The first-order valence-electron chi connectivity index (χ1n) is 5.56. The average molecular weight is 226 g/mol. The summed E-state index contributed by atoms with van der Waals surface area (Å²) < 4.78 is 0. The number of nitrogens with zero attached hydrogens (tertiary/aromatic N) is 1. The summed E-state index contributed by atoms with van der Waals surface area (Å²) in [6, 6.07) is 4.29. The summed E-state index contributed by atoms with van der Waals surface area (Å²) in [7, 11) is 2.17. The molecule has 1 rings (SSSR count). The summed E-state index contributed by atoms with van der Waals surface area (Å²) in [4.78, 5) is 3.79. The third-order valence-corrected chi connectivity index (χ3v) is 3.98. The molecule has 15 heavy (non-hydrogen) atoms. The van der Waals surface area contributed by atoms with Crippen molar-refractivity contribution in [1.82, 2.24) is 4.90 Å². The SMILES string of the molecule is CCCC(C)(CN)N(C)Cc1cccs1. The van der Waals surface area contributed by atoms with Gasteiger partial charge in [0.15, 0.2) is 0 Å². The van der Waals surface area contributed by atoms with Crippen LogP contribution in [0.1, 0.15) is 31.6 Å². The molecule has 2 N–H and O–H groups in total. The minimum Gasteiger partial charge on any atom is -0.329 e. The molecule has 1 aromatic rings. The average Bonchev–Trinajstić information content (AvgIpc) is 2.70. The molecule has 0 aliphatic heterocycles. The predicted molar refractivity (Wildman–Crippen MR) is 68.2 cm³/mol. The number of thiophene rings is 1. The van der Waals surface area contributed by atoms with Crippen LogP contribution in [0.4, 0.5) is 0 Å². The van der Waals surface area contributed by atoms with Gasteiger partial charge in [-0.05, 0) is 31.8 Å². The number of hydrogen-bond acceptors (Lipinski definition) is 3. The van der Waals surface area contributed by atoms with Crippen molar-refractivity contribution in [2.45, 2.75) is 38.8 Å². The topological polar surface area (TPSA) is 29.3 Å². The van der Waals surface area contributed by atoms with E-state index in [4.69, 9.17) is 5.73 Å². The van der Waals surface area contributed by atoms with E-state index in [0.29, 0.717) is 0 Å². The van der Waals surface area contributed by atoms with Crippen LogP contribution in [0.15, 0.2) is 17.5 Å². The maximum atomic E-state index is 5.88. The minimum absolute atomic E-state index is 0.138. The molecule has 0 aromatic carbocycles. The molecule has 0 spiro atoms. The van der Waals surface area contributed by atoms with Gasteiger partial charge in [0.05, 0.1) is 0 Å². The van der Waals surface area contributed by atoms with Gasteiger partial charge in [0, 0.05) is 23.5 Å². The Balaban J connectivity index is 2.60. The molecule has 0 aliphatic rings. The molecule has 0 fully saturated rings. The molecule has 0 amide bonds. The number of likely N-dealkylation sites (N-methyl/N-ethyl adjacent to an activating group) is 1. The van der Waals surface area contributed by atoms with E-state index < -0.39 is 0 Å². The Morgan fingerprint density at radius 3 is 2.73 bits per heavy atom. The molecular weight excluding hydrogens is 204 g/mol. The van der Waals surface area contributed by atoms with Crippen molar-refractivity contribution in [1.29, 1.82) is 0 Å². The Bertz CT molecular complexity index is 271. The molecule has 2 nitrogen and oxygen atoms in total. The van der Waals surface area contributed by atoms with E-state index in [1.54, 1.807) is 0 Å². The second kappa shape index (κ2) is 5.64. The first-order chi connectivity index (χ1) is 7.12.